The standard InChI is InChI=1S/C16H23N3O5S/c1-18(2)25(21,22)19-7-3-4-13(10-19)16(20)17-9-12-5-6-14-15(8-12)24-11-23-14/h5-6,8,13H,3-4,7,9-11H2,1-2H3,(H,17,20). The predicted octanol–water partition coefficient (Wildman–Crippen LogP) is 0.550. The Morgan fingerprint density at radius 2 is 2.08 bits per heavy atom. The summed E-state index contributed by atoms with van der Waals surface area (Å²) in [5.74, 6) is 0.911. The number of benzene rings is 1. The summed E-state index contributed by atoms with van der Waals surface area (Å²) in [5.41, 5.74) is 0.908. The van der Waals surface area contributed by atoms with E-state index in [1.165, 1.54) is 22.7 Å². The van der Waals surface area contributed by atoms with Crippen molar-refractivity contribution in [3.8, 4) is 11.5 Å². The average molecular weight is 369 g/mol. The lowest BCUT2D eigenvalue weighted by molar-refractivity contribution is -0.126. The van der Waals surface area contributed by atoms with Crippen molar-refractivity contribution < 1.29 is 22.7 Å². The number of ether oxygens (including phenoxy) is 2. The third kappa shape index (κ3) is 3.88. The molecular weight excluding hydrogens is 346 g/mol. The van der Waals surface area contributed by atoms with Crippen LogP contribution in [-0.4, -0.2) is 56.9 Å². The molecule has 0 aliphatic carbocycles. The van der Waals surface area contributed by atoms with Gasteiger partial charge in [0.25, 0.3) is 10.2 Å². The van der Waals surface area contributed by atoms with Gasteiger partial charge in [-0.1, -0.05) is 6.07 Å². The van der Waals surface area contributed by atoms with Gasteiger partial charge in [0.05, 0.1) is 5.92 Å². The molecule has 1 fully saturated rings. The highest BCUT2D eigenvalue weighted by Gasteiger charge is 2.33. The lowest BCUT2D eigenvalue weighted by Crippen LogP contribution is -2.48. The molecule has 138 valence electrons. The SMILES string of the molecule is CN(C)S(=O)(=O)N1CCCC(C(=O)NCc2ccc3c(c2)OCO3)C1. The Bertz CT molecular complexity index is 750. The molecule has 0 bridgehead atoms. The van der Waals surface area contributed by atoms with Gasteiger partial charge < -0.3 is 14.8 Å². The number of nitrogens with zero attached hydrogens (tertiary/aromatic N) is 2. The van der Waals surface area contributed by atoms with E-state index in [9.17, 15) is 13.2 Å². The fraction of sp³-hybridized carbons (Fsp3) is 0.562. The summed E-state index contributed by atoms with van der Waals surface area (Å²) in [7, 11) is -0.487. The Morgan fingerprint density at radius 1 is 1.32 bits per heavy atom. The highest BCUT2D eigenvalue weighted by molar-refractivity contribution is 7.86. The third-order valence-electron chi connectivity index (χ3n) is 4.45. The second-order valence-electron chi connectivity index (χ2n) is 6.39. The molecule has 1 unspecified atom stereocenters. The Hall–Kier alpha value is -1.84. The highest BCUT2D eigenvalue weighted by Crippen LogP contribution is 2.32. The molecule has 1 aromatic carbocycles. The second-order valence-corrected chi connectivity index (χ2v) is 8.54. The number of rotatable bonds is 5. The van der Waals surface area contributed by atoms with E-state index >= 15 is 0 Å². The fourth-order valence-corrected chi connectivity index (χ4v) is 4.17. The van der Waals surface area contributed by atoms with Gasteiger partial charge >= 0.3 is 0 Å². The molecule has 2 heterocycles. The molecule has 2 aliphatic heterocycles. The lowest BCUT2D eigenvalue weighted by Gasteiger charge is -2.32. The third-order valence-corrected chi connectivity index (χ3v) is 6.35. The van der Waals surface area contributed by atoms with E-state index in [0.717, 1.165) is 5.56 Å². The maximum Gasteiger partial charge on any atom is 0.281 e. The van der Waals surface area contributed by atoms with Crippen molar-refractivity contribution in [3.63, 3.8) is 0 Å². The minimum absolute atomic E-state index is 0.128. The van der Waals surface area contributed by atoms with Crippen molar-refractivity contribution in [3.05, 3.63) is 23.8 Å². The number of carbonyl (C=O) groups excluding carboxylic acids is 1. The van der Waals surface area contributed by atoms with Crippen LogP contribution >= 0.6 is 0 Å². The second kappa shape index (κ2) is 7.19. The summed E-state index contributed by atoms with van der Waals surface area (Å²) >= 11 is 0. The van der Waals surface area contributed by atoms with E-state index in [4.69, 9.17) is 9.47 Å². The van der Waals surface area contributed by atoms with Gasteiger partial charge in [0.1, 0.15) is 0 Å². The topological polar surface area (TPSA) is 88.2 Å². The van der Waals surface area contributed by atoms with Gasteiger partial charge in [0, 0.05) is 33.7 Å². The number of nitrogens with one attached hydrogen (secondary N) is 1. The number of fused-ring (bicyclic) bond motifs is 1. The van der Waals surface area contributed by atoms with Crippen molar-refractivity contribution in [1.29, 1.82) is 0 Å². The Morgan fingerprint density at radius 3 is 2.84 bits per heavy atom. The number of hydrogen-bond donors (Lipinski definition) is 1. The van der Waals surface area contributed by atoms with Crippen LogP contribution in [0, 0.1) is 5.92 Å². The summed E-state index contributed by atoms with van der Waals surface area (Å²) in [6, 6.07) is 5.53. The molecule has 8 nitrogen and oxygen atoms in total. The lowest BCUT2D eigenvalue weighted by atomic mass is 9.99. The van der Waals surface area contributed by atoms with Crippen LogP contribution in [0.25, 0.3) is 0 Å². The van der Waals surface area contributed by atoms with E-state index in [2.05, 4.69) is 5.32 Å². The first kappa shape index (κ1) is 18.0. The Kier molecular flexibility index (Phi) is 5.16. The van der Waals surface area contributed by atoms with Gasteiger partial charge in [0.15, 0.2) is 11.5 Å². The molecular formula is C16H23N3O5S. The van der Waals surface area contributed by atoms with E-state index in [1.807, 2.05) is 18.2 Å². The molecule has 0 aromatic heterocycles. The van der Waals surface area contributed by atoms with E-state index < -0.39 is 10.2 Å². The molecule has 1 amide bonds. The number of piperidine rings is 1. The first-order valence-electron chi connectivity index (χ1n) is 8.22. The number of hydrogen-bond acceptors (Lipinski definition) is 5. The molecule has 0 spiro atoms. The number of amides is 1. The van der Waals surface area contributed by atoms with E-state index in [1.54, 1.807) is 0 Å². The maximum atomic E-state index is 12.4. The van der Waals surface area contributed by atoms with Crippen LogP contribution in [-0.2, 0) is 21.5 Å². The molecule has 25 heavy (non-hydrogen) atoms. The van der Waals surface area contributed by atoms with Crippen LogP contribution in [0.5, 0.6) is 11.5 Å². The van der Waals surface area contributed by atoms with E-state index in [-0.39, 0.29) is 25.2 Å². The quantitative estimate of drug-likeness (QED) is 0.819. The van der Waals surface area contributed by atoms with Gasteiger partial charge in [-0.15, -0.1) is 0 Å². The first-order chi connectivity index (χ1) is 11.9. The van der Waals surface area contributed by atoms with Crippen molar-refractivity contribution in [1.82, 2.24) is 13.9 Å². The summed E-state index contributed by atoms with van der Waals surface area (Å²) in [6.07, 6.45) is 1.36. The zero-order valence-corrected chi connectivity index (χ0v) is 15.2. The minimum atomic E-state index is -3.48. The van der Waals surface area contributed by atoms with Gasteiger partial charge in [-0.25, -0.2) is 0 Å². The zero-order chi connectivity index (χ0) is 18.0. The summed E-state index contributed by atoms with van der Waals surface area (Å²) in [5, 5.41) is 2.89. The first-order valence-corrected chi connectivity index (χ1v) is 9.61. The maximum absolute atomic E-state index is 12.4. The predicted molar refractivity (Wildman–Crippen MR) is 91.3 cm³/mol. The van der Waals surface area contributed by atoms with Gasteiger partial charge in [0.2, 0.25) is 12.7 Å². The molecule has 1 aromatic rings. The molecule has 0 saturated carbocycles. The molecule has 0 radical (unpaired) electrons. The average Bonchev–Trinajstić information content (AvgIpc) is 3.07. The fourth-order valence-electron chi connectivity index (χ4n) is 2.98. The summed E-state index contributed by atoms with van der Waals surface area (Å²) in [6.45, 7) is 1.25. The van der Waals surface area contributed by atoms with Gasteiger partial charge in [-0.2, -0.15) is 17.0 Å². The molecule has 1 N–H and O–H groups in total. The smallest absolute Gasteiger partial charge is 0.281 e. The van der Waals surface area contributed by atoms with Crippen LogP contribution in [0.15, 0.2) is 18.2 Å². The van der Waals surface area contributed by atoms with Crippen LogP contribution in [0.4, 0.5) is 0 Å². The van der Waals surface area contributed by atoms with Crippen molar-refractivity contribution in [2.24, 2.45) is 5.92 Å². The van der Waals surface area contributed by atoms with Crippen LogP contribution in [0.1, 0.15) is 18.4 Å². The van der Waals surface area contributed by atoms with Crippen molar-refractivity contribution in [2.45, 2.75) is 19.4 Å². The zero-order valence-electron chi connectivity index (χ0n) is 14.4. The van der Waals surface area contributed by atoms with Crippen molar-refractivity contribution >= 4 is 16.1 Å². The molecule has 1 saturated heterocycles. The van der Waals surface area contributed by atoms with Crippen LogP contribution in [0.3, 0.4) is 0 Å². The molecule has 9 heteroatoms. The van der Waals surface area contributed by atoms with Gasteiger partial charge in [-0.05, 0) is 30.5 Å². The largest absolute Gasteiger partial charge is 0.454 e. The Balaban J connectivity index is 1.58. The van der Waals surface area contributed by atoms with E-state index in [0.29, 0.717) is 37.4 Å². The summed E-state index contributed by atoms with van der Waals surface area (Å²) in [4.78, 5) is 12.4. The monoisotopic (exact) mass is 369 g/mol. The minimum Gasteiger partial charge on any atom is -0.454 e. The molecule has 1 atom stereocenters. The Labute approximate surface area is 147 Å². The van der Waals surface area contributed by atoms with Crippen LogP contribution in [0.2, 0.25) is 0 Å². The van der Waals surface area contributed by atoms with Crippen molar-refractivity contribution in [2.75, 3.05) is 34.0 Å². The molecule has 2 aliphatic rings. The summed E-state index contributed by atoms with van der Waals surface area (Å²) < 4.78 is 37.6. The van der Waals surface area contributed by atoms with Crippen LogP contribution < -0.4 is 14.8 Å². The molecule has 3 rings (SSSR count). The van der Waals surface area contributed by atoms with Gasteiger partial charge in [-0.3, -0.25) is 4.79 Å². The normalized spacial score (nSPS) is 20.7. The number of carbonyl (C=O) groups is 1. The highest BCUT2D eigenvalue weighted by atomic mass is 32.2.